The van der Waals surface area contributed by atoms with E-state index in [0.29, 0.717) is 38.2 Å². The third kappa shape index (κ3) is 6.38. The molecule has 1 amide bonds. The van der Waals surface area contributed by atoms with Gasteiger partial charge in [-0.2, -0.15) is 18.4 Å². The van der Waals surface area contributed by atoms with Crippen LogP contribution in [0.15, 0.2) is 42.5 Å². The molecule has 2 aromatic rings. The molecular weight excluding hydrogens is 507 g/mol. The summed E-state index contributed by atoms with van der Waals surface area (Å²) in [7, 11) is 0. The number of amides is 1. The van der Waals surface area contributed by atoms with Gasteiger partial charge in [0.2, 0.25) is 0 Å². The van der Waals surface area contributed by atoms with Crippen LogP contribution >= 0.6 is 12.2 Å². The molecule has 196 valence electrons. The number of rotatable bonds is 10. The summed E-state index contributed by atoms with van der Waals surface area (Å²) < 4.78 is 45.9. The van der Waals surface area contributed by atoms with Crippen LogP contribution in [-0.2, 0) is 22.2 Å². The molecule has 0 aromatic heterocycles. The second-order valence-corrected chi connectivity index (χ2v) is 9.43. The molecule has 7 nitrogen and oxygen atoms in total. The van der Waals surface area contributed by atoms with Crippen LogP contribution in [0.5, 0.6) is 5.75 Å². The Morgan fingerprint density at radius 3 is 2.43 bits per heavy atom. The van der Waals surface area contributed by atoms with Crippen molar-refractivity contribution in [2.75, 3.05) is 18.1 Å². The van der Waals surface area contributed by atoms with E-state index >= 15 is 0 Å². The molecule has 1 aliphatic heterocycles. The summed E-state index contributed by atoms with van der Waals surface area (Å²) in [6, 6.07) is 12.1. The number of carboxylic acid groups (broad SMARTS) is 1. The lowest BCUT2D eigenvalue weighted by Gasteiger charge is -2.29. The second kappa shape index (κ2) is 11.2. The van der Waals surface area contributed by atoms with Gasteiger partial charge in [0.05, 0.1) is 29.5 Å². The topological polar surface area (TPSA) is 93.9 Å². The fraction of sp³-hybridized carbons (Fsp3) is 0.385. The fourth-order valence-electron chi connectivity index (χ4n) is 4.05. The smallest absolute Gasteiger partial charge is 0.417 e. The van der Waals surface area contributed by atoms with Gasteiger partial charge >= 0.3 is 12.1 Å². The Bertz CT molecular complexity index is 1220. The van der Waals surface area contributed by atoms with Crippen molar-refractivity contribution in [1.29, 1.82) is 5.26 Å². The van der Waals surface area contributed by atoms with Gasteiger partial charge in [-0.25, -0.2) is 0 Å². The number of carbonyl (C=O) groups excluding carboxylic acids is 1. The Labute approximate surface area is 218 Å². The number of hydrogen-bond acceptors (Lipinski definition) is 5. The molecule has 11 heteroatoms. The van der Waals surface area contributed by atoms with E-state index in [9.17, 15) is 22.8 Å². The van der Waals surface area contributed by atoms with Crippen LogP contribution in [0, 0.1) is 11.3 Å². The molecule has 1 saturated heterocycles. The summed E-state index contributed by atoms with van der Waals surface area (Å²) in [5.41, 5.74) is -1.71. The molecule has 0 atom stereocenters. The zero-order valence-electron chi connectivity index (χ0n) is 20.3. The number of aliphatic carboxylic acids is 1. The molecule has 3 rings (SSSR count). The number of nitrogens with zero attached hydrogens (tertiary/aromatic N) is 3. The zero-order valence-corrected chi connectivity index (χ0v) is 21.2. The Morgan fingerprint density at radius 1 is 1.16 bits per heavy atom. The van der Waals surface area contributed by atoms with Crippen molar-refractivity contribution in [2.24, 2.45) is 0 Å². The van der Waals surface area contributed by atoms with Crippen LogP contribution in [-0.4, -0.2) is 45.7 Å². The molecule has 0 aliphatic carbocycles. The molecule has 1 aliphatic rings. The number of thiocarbonyl (C=S) groups is 1. The van der Waals surface area contributed by atoms with Gasteiger partial charge in [-0.05, 0) is 81.2 Å². The first-order valence-electron chi connectivity index (χ1n) is 11.6. The van der Waals surface area contributed by atoms with Crippen LogP contribution in [0.3, 0.4) is 0 Å². The van der Waals surface area contributed by atoms with Gasteiger partial charge in [-0.1, -0.05) is 12.1 Å². The van der Waals surface area contributed by atoms with Crippen molar-refractivity contribution in [3.63, 3.8) is 0 Å². The lowest BCUT2D eigenvalue weighted by atomic mass is 10.0. The first-order chi connectivity index (χ1) is 17.4. The average molecular weight is 534 g/mol. The maximum atomic E-state index is 13.5. The van der Waals surface area contributed by atoms with Gasteiger partial charge in [-0.3, -0.25) is 14.5 Å². The summed E-state index contributed by atoms with van der Waals surface area (Å²) >= 11 is 5.51. The first kappa shape index (κ1) is 27.9. The third-order valence-electron chi connectivity index (χ3n) is 6.08. The van der Waals surface area contributed by atoms with Crippen LogP contribution in [0.4, 0.5) is 18.9 Å². The molecule has 0 saturated carbocycles. The van der Waals surface area contributed by atoms with Crippen molar-refractivity contribution in [3.05, 3.63) is 59.2 Å². The summed E-state index contributed by atoms with van der Waals surface area (Å²) in [4.78, 5) is 26.5. The minimum Gasteiger partial charge on any atom is -0.494 e. The number of nitriles is 1. The van der Waals surface area contributed by atoms with Gasteiger partial charge in [0.25, 0.3) is 5.91 Å². The van der Waals surface area contributed by atoms with E-state index in [-0.39, 0.29) is 17.2 Å². The molecule has 1 N–H and O–H groups in total. The molecule has 2 aromatic carbocycles. The second-order valence-electron chi connectivity index (χ2n) is 9.07. The molecule has 1 fully saturated rings. The number of alkyl halides is 3. The number of benzene rings is 2. The Kier molecular flexibility index (Phi) is 8.43. The highest BCUT2D eigenvalue weighted by Crippen LogP contribution is 2.38. The normalized spacial score (nSPS) is 15.1. The highest BCUT2D eigenvalue weighted by molar-refractivity contribution is 7.80. The average Bonchev–Trinajstić information content (AvgIpc) is 3.00. The highest BCUT2D eigenvalue weighted by Gasteiger charge is 2.49. The Balaban J connectivity index is 1.65. The summed E-state index contributed by atoms with van der Waals surface area (Å²) in [5.74, 6) is -0.676. The SMILES string of the molecule is CC1(C)C(=O)N(c2ccc(C#N)c(C(F)(F)F)c2)C(=S)N1CCCc1ccc(OCCCC(=O)O)cc1. The highest BCUT2D eigenvalue weighted by atomic mass is 32.1. The fourth-order valence-corrected chi connectivity index (χ4v) is 4.56. The maximum Gasteiger partial charge on any atom is 0.417 e. The Hall–Kier alpha value is -3.65. The van der Waals surface area contributed by atoms with Gasteiger partial charge < -0.3 is 14.7 Å². The van der Waals surface area contributed by atoms with E-state index in [1.807, 2.05) is 12.1 Å². The molecule has 0 spiro atoms. The summed E-state index contributed by atoms with van der Waals surface area (Å²) in [6.07, 6.45) is -3.00. The number of anilines is 1. The predicted octanol–water partition coefficient (Wildman–Crippen LogP) is 5.17. The Morgan fingerprint density at radius 2 is 1.84 bits per heavy atom. The van der Waals surface area contributed by atoms with Gasteiger partial charge in [0.15, 0.2) is 5.11 Å². The number of carboxylic acids is 1. The number of carbonyl (C=O) groups is 2. The van der Waals surface area contributed by atoms with E-state index in [1.165, 1.54) is 12.1 Å². The quantitative estimate of drug-likeness (QED) is 0.333. The lowest BCUT2D eigenvalue weighted by Crippen LogP contribution is -2.44. The van der Waals surface area contributed by atoms with E-state index in [4.69, 9.17) is 27.3 Å². The summed E-state index contributed by atoms with van der Waals surface area (Å²) in [5, 5.41) is 17.8. The van der Waals surface area contributed by atoms with Crippen molar-refractivity contribution in [3.8, 4) is 11.8 Å². The van der Waals surface area contributed by atoms with E-state index in [0.717, 1.165) is 22.6 Å². The molecule has 37 heavy (non-hydrogen) atoms. The molecule has 0 unspecified atom stereocenters. The van der Waals surface area contributed by atoms with Crippen molar-refractivity contribution in [1.82, 2.24) is 4.90 Å². The standard InChI is InChI=1S/C26H26F3N3O4S/c1-25(2)23(35)32(19-10-9-18(16-30)21(15-19)26(27,28)29)24(37)31(25)13-3-5-17-7-11-20(12-8-17)36-14-4-6-22(33)34/h7-12,15H,3-6,13-14H2,1-2H3,(H,33,34). The molecule has 0 bridgehead atoms. The monoisotopic (exact) mass is 533 g/mol. The molecule has 1 heterocycles. The van der Waals surface area contributed by atoms with Crippen LogP contribution < -0.4 is 9.64 Å². The zero-order chi connectivity index (χ0) is 27.4. The molecule has 0 radical (unpaired) electrons. The third-order valence-corrected chi connectivity index (χ3v) is 6.49. The van der Waals surface area contributed by atoms with Gasteiger partial charge in [0, 0.05) is 13.0 Å². The van der Waals surface area contributed by atoms with Gasteiger partial charge in [0.1, 0.15) is 11.3 Å². The van der Waals surface area contributed by atoms with Crippen LogP contribution in [0.2, 0.25) is 0 Å². The van der Waals surface area contributed by atoms with Gasteiger partial charge in [-0.15, -0.1) is 0 Å². The van der Waals surface area contributed by atoms with E-state index < -0.39 is 34.7 Å². The maximum absolute atomic E-state index is 13.5. The van der Waals surface area contributed by atoms with Crippen LogP contribution in [0.1, 0.15) is 49.8 Å². The van der Waals surface area contributed by atoms with Crippen molar-refractivity contribution < 1.29 is 32.6 Å². The number of aryl methyl sites for hydroxylation is 1. The minimum absolute atomic E-state index is 0.0316. The number of halogens is 3. The number of ether oxygens (including phenoxy) is 1. The first-order valence-corrected chi connectivity index (χ1v) is 12.0. The largest absolute Gasteiger partial charge is 0.494 e. The predicted molar refractivity (Wildman–Crippen MR) is 134 cm³/mol. The molecular formula is C26H26F3N3O4S. The van der Waals surface area contributed by atoms with Crippen molar-refractivity contribution in [2.45, 2.75) is 51.2 Å². The van der Waals surface area contributed by atoms with E-state index in [2.05, 4.69) is 0 Å². The number of hydrogen-bond donors (Lipinski definition) is 1. The lowest BCUT2D eigenvalue weighted by molar-refractivity contribution is -0.138. The van der Waals surface area contributed by atoms with E-state index in [1.54, 1.807) is 30.9 Å². The van der Waals surface area contributed by atoms with Crippen LogP contribution in [0.25, 0.3) is 0 Å². The summed E-state index contributed by atoms with van der Waals surface area (Å²) in [6.45, 7) is 4.06. The van der Waals surface area contributed by atoms with Crippen molar-refractivity contribution >= 4 is 34.9 Å². The minimum atomic E-state index is -4.75.